The Balaban J connectivity index is 1.95. The molecule has 0 radical (unpaired) electrons. The smallest absolute Gasteiger partial charge is 0.0334 e. The first-order chi connectivity index (χ1) is 9.61. The van der Waals surface area contributed by atoms with Gasteiger partial charge in [0.25, 0.3) is 0 Å². The summed E-state index contributed by atoms with van der Waals surface area (Å²) >= 11 is 0. The normalized spacial score (nSPS) is 25.0. The summed E-state index contributed by atoms with van der Waals surface area (Å²) < 4.78 is 0. The minimum absolute atomic E-state index is 0.493. The average molecular weight is 274 g/mol. The fourth-order valence-electron chi connectivity index (χ4n) is 3.33. The Kier molecular flexibility index (Phi) is 5.62. The van der Waals surface area contributed by atoms with Crippen LogP contribution in [0.1, 0.15) is 44.4 Å². The van der Waals surface area contributed by atoms with Gasteiger partial charge in [0, 0.05) is 19.1 Å². The molecule has 2 nitrogen and oxygen atoms in total. The maximum Gasteiger partial charge on any atom is 0.0334 e. The molecule has 1 fully saturated rings. The lowest BCUT2D eigenvalue weighted by molar-refractivity contribution is 0.299. The molecule has 0 aliphatic carbocycles. The fraction of sp³-hybridized carbons (Fsp3) is 0.667. The second-order valence-corrected chi connectivity index (χ2v) is 6.47. The lowest BCUT2D eigenvalue weighted by atomic mass is 9.98. The maximum atomic E-state index is 3.66. The summed E-state index contributed by atoms with van der Waals surface area (Å²) in [6.45, 7) is 14.0. The van der Waals surface area contributed by atoms with Gasteiger partial charge < -0.3 is 10.2 Å². The van der Waals surface area contributed by atoms with E-state index in [4.69, 9.17) is 0 Å². The van der Waals surface area contributed by atoms with Gasteiger partial charge in [-0.05, 0) is 49.4 Å². The largest absolute Gasteiger partial charge is 0.310 e. The molecule has 0 spiro atoms. The molecular weight excluding hydrogens is 244 g/mol. The van der Waals surface area contributed by atoms with Crippen LogP contribution in [0.25, 0.3) is 0 Å². The van der Waals surface area contributed by atoms with Crippen molar-refractivity contribution >= 4 is 0 Å². The van der Waals surface area contributed by atoms with Crippen molar-refractivity contribution in [2.75, 3.05) is 26.2 Å². The van der Waals surface area contributed by atoms with E-state index in [1.807, 2.05) is 0 Å². The van der Waals surface area contributed by atoms with Crippen molar-refractivity contribution in [3.05, 3.63) is 35.4 Å². The van der Waals surface area contributed by atoms with Crippen LogP contribution >= 0.6 is 0 Å². The minimum atomic E-state index is 0.493. The van der Waals surface area contributed by atoms with E-state index in [0.29, 0.717) is 6.04 Å². The summed E-state index contributed by atoms with van der Waals surface area (Å²) in [5, 5.41) is 3.66. The van der Waals surface area contributed by atoms with Crippen molar-refractivity contribution in [1.29, 1.82) is 0 Å². The topological polar surface area (TPSA) is 15.3 Å². The molecule has 1 N–H and O–H groups in total. The predicted molar refractivity (Wildman–Crippen MR) is 87.0 cm³/mol. The molecule has 1 aromatic rings. The van der Waals surface area contributed by atoms with Gasteiger partial charge in [0.1, 0.15) is 0 Å². The van der Waals surface area contributed by atoms with E-state index in [2.05, 4.69) is 62.2 Å². The summed E-state index contributed by atoms with van der Waals surface area (Å²) in [4.78, 5) is 2.64. The third kappa shape index (κ3) is 3.83. The molecule has 1 aromatic carbocycles. The fourth-order valence-corrected chi connectivity index (χ4v) is 3.33. The minimum Gasteiger partial charge on any atom is -0.310 e. The number of aryl methyl sites for hydroxylation is 1. The molecule has 2 rings (SSSR count). The van der Waals surface area contributed by atoms with Crippen LogP contribution in [0.5, 0.6) is 0 Å². The highest BCUT2D eigenvalue weighted by Gasteiger charge is 2.26. The first-order valence-corrected chi connectivity index (χ1v) is 8.13. The molecule has 0 amide bonds. The molecule has 3 atom stereocenters. The Hall–Kier alpha value is -0.860. The van der Waals surface area contributed by atoms with Crippen LogP contribution in [0.2, 0.25) is 0 Å². The highest BCUT2D eigenvalue weighted by molar-refractivity contribution is 5.28. The zero-order valence-electron chi connectivity index (χ0n) is 13.5. The zero-order chi connectivity index (χ0) is 14.5. The van der Waals surface area contributed by atoms with Gasteiger partial charge >= 0.3 is 0 Å². The molecular formula is C18H30N2. The van der Waals surface area contributed by atoms with Crippen LogP contribution in [0.3, 0.4) is 0 Å². The van der Waals surface area contributed by atoms with E-state index < -0.39 is 0 Å². The van der Waals surface area contributed by atoms with Crippen molar-refractivity contribution in [1.82, 2.24) is 10.2 Å². The third-order valence-electron chi connectivity index (χ3n) is 4.81. The second kappa shape index (κ2) is 7.24. The summed E-state index contributed by atoms with van der Waals surface area (Å²) in [6.07, 6.45) is 1.21. The highest BCUT2D eigenvalue weighted by atomic mass is 15.2. The van der Waals surface area contributed by atoms with Crippen molar-refractivity contribution in [3.63, 3.8) is 0 Å². The first kappa shape index (κ1) is 15.5. The van der Waals surface area contributed by atoms with Crippen LogP contribution in [-0.2, 0) is 0 Å². The third-order valence-corrected chi connectivity index (χ3v) is 4.81. The Morgan fingerprint density at radius 3 is 2.45 bits per heavy atom. The quantitative estimate of drug-likeness (QED) is 0.852. The number of rotatable bonds is 6. The van der Waals surface area contributed by atoms with Gasteiger partial charge in [-0.2, -0.15) is 0 Å². The van der Waals surface area contributed by atoms with Crippen molar-refractivity contribution in [2.45, 2.75) is 40.2 Å². The van der Waals surface area contributed by atoms with Crippen LogP contribution in [-0.4, -0.2) is 31.1 Å². The molecule has 20 heavy (non-hydrogen) atoms. The van der Waals surface area contributed by atoms with Gasteiger partial charge in [-0.25, -0.2) is 0 Å². The highest BCUT2D eigenvalue weighted by Crippen LogP contribution is 2.25. The molecule has 2 heteroatoms. The van der Waals surface area contributed by atoms with Crippen molar-refractivity contribution in [2.24, 2.45) is 11.8 Å². The number of benzene rings is 1. The summed E-state index contributed by atoms with van der Waals surface area (Å²) in [5.41, 5.74) is 2.87. The summed E-state index contributed by atoms with van der Waals surface area (Å²) in [6, 6.07) is 9.28. The van der Waals surface area contributed by atoms with Crippen LogP contribution < -0.4 is 5.32 Å². The number of nitrogens with one attached hydrogen (secondary N) is 1. The number of hydrogen-bond donors (Lipinski definition) is 1. The molecule has 112 valence electrons. The Labute approximate surface area is 124 Å². The summed E-state index contributed by atoms with van der Waals surface area (Å²) in [7, 11) is 0. The predicted octanol–water partition coefficient (Wildman–Crippen LogP) is 3.62. The van der Waals surface area contributed by atoms with Gasteiger partial charge in [-0.1, -0.05) is 45.0 Å². The number of likely N-dealkylation sites (tertiary alicyclic amines) is 1. The van der Waals surface area contributed by atoms with E-state index in [1.54, 1.807) is 0 Å². The molecule has 0 saturated carbocycles. The Morgan fingerprint density at radius 1 is 1.20 bits per heavy atom. The Bertz CT molecular complexity index is 406. The van der Waals surface area contributed by atoms with E-state index in [1.165, 1.54) is 37.2 Å². The monoisotopic (exact) mass is 274 g/mol. The van der Waals surface area contributed by atoms with Crippen LogP contribution in [0.15, 0.2) is 24.3 Å². The Morgan fingerprint density at radius 2 is 1.85 bits per heavy atom. The molecule has 1 aliphatic rings. The maximum absolute atomic E-state index is 3.66. The van der Waals surface area contributed by atoms with Gasteiger partial charge in [0.15, 0.2) is 0 Å². The molecule has 0 aromatic heterocycles. The molecule has 0 bridgehead atoms. The standard InChI is InChI=1S/C18H30N2/c1-5-19-18(17-9-7-6-8-14(17)2)10-11-20-12-15(3)16(4)13-20/h6-9,15-16,18-19H,5,10-13H2,1-4H3. The van der Waals surface area contributed by atoms with Gasteiger partial charge in [0.05, 0.1) is 0 Å². The molecule has 1 saturated heterocycles. The lowest BCUT2D eigenvalue weighted by Crippen LogP contribution is -2.28. The zero-order valence-corrected chi connectivity index (χ0v) is 13.5. The van der Waals surface area contributed by atoms with Gasteiger partial charge in [-0.15, -0.1) is 0 Å². The van der Waals surface area contributed by atoms with Crippen molar-refractivity contribution < 1.29 is 0 Å². The van der Waals surface area contributed by atoms with Gasteiger partial charge in [-0.3, -0.25) is 0 Å². The second-order valence-electron chi connectivity index (χ2n) is 6.47. The first-order valence-electron chi connectivity index (χ1n) is 8.13. The van der Waals surface area contributed by atoms with Gasteiger partial charge in [0.2, 0.25) is 0 Å². The van der Waals surface area contributed by atoms with E-state index in [0.717, 1.165) is 18.4 Å². The van der Waals surface area contributed by atoms with E-state index in [9.17, 15) is 0 Å². The van der Waals surface area contributed by atoms with E-state index in [-0.39, 0.29) is 0 Å². The molecule has 1 heterocycles. The van der Waals surface area contributed by atoms with Crippen LogP contribution in [0.4, 0.5) is 0 Å². The average Bonchev–Trinajstić information content (AvgIpc) is 2.75. The lowest BCUT2D eigenvalue weighted by Gasteiger charge is -2.23. The summed E-state index contributed by atoms with van der Waals surface area (Å²) in [5.74, 6) is 1.71. The van der Waals surface area contributed by atoms with Crippen LogP contribution in [0, 0.1) is 18.8 Å². The van der Waals surface area contributed by atoms with Crippen molar-refractivity contribution in [3.8, 4) is 0 Å². The van der Waals surface area contributed by atoms with E-state index >= 15 is 0 Å². The number of hydrogen-bond acceptors (Lipinski definition) is 2. The molecule has 3 unspecified atom stereocenters. The number of nitrogens with zero attached hydrogens (tertiary/aromatic N) is 1. The SMILES string of the molecule is CCNC(CCN1CC(C)C(C)C1)c1ccccc1C. The molecule has 1 aliphatic heterocycles.